The Labute approximate surface area is 130 Å². The van der Waals surface area contributed by atoms with Crippen molar-refractivity contribution in [1.82, 2.24) is 5.32 Å². The number of amides is 1. The van der Waals surface area contributed by atoms with E-state index < -0.39 is 12.1 Å². The summed E-state index contributed by atoms with van der Waals surface area (Å²) in [5, 5.41) is 11.7. The van der Waals surface area contributed by atoms with E-state index in [0.29, 0.717) is 12.3 Å². The summed E-state index contributed by atoms with van der Waals surface area (Å²) in [6.45, 7) is 0.225. The zero-order valence-electron chi connectivity index (χ0n) is 12.7. The molecule has 5 heteroatoms. The van der Waals surface area contributed by atoms with Gasteiger partial charge in [-0.2, -0.15) is 0 Å². The molecule has 1 saturated carbocycles. The van der Waals surface area contributed by atoms with Crippen LogP contribution in [-0.4, -0.2) is 23.2 Å². The van der Waals surface area contributed by atoms with Gasteiger partial charge in [-0.05, 0) is 30.7 Å². The third kappa shape index (κ3) is 5.39. The highest BCUT2D eigenvalue weighted by molar-refractivity contribution is 5.68. The van der Waals surface area contributed by atoms with Crippen molar-refractivity contribution in [3.63, 3.8) is 0 Å². The second kappa shape index (κ2) is 8.41. The van der Waals surface area contributed by atoms with E-state index in [-0.39, 0.29) is 19.1 Å². The van der Waals surface area contributed by atoms with Gasteiger partial charge >= 0.3 is 12.1 Å². The van der Waals surface area contributed by atoms with Gasteiger partial charge in [-0.3, -0.25) is 4.79 Å². The zero-order chi connectivity index (χ0) is 15.8. The van der Waals surface area contributed by atoms with Gasteiger partial charge in [0, 0.05) is 12.5 Å². The molecule has 1 aliphatic carbocycles. The predicted octanol–water partition coefficient (Wildman–Crippen LogP) is 3.34. The first kappa shape index (κ1) is 16.3. The zero-order valence-corrected chi connectivity index (χ0v) is 12.7. The minimum Gasteiger partial charge on any atom is -0.481 e. The molecule has 1 unspecified atom stereocenters. The monoisotopic (exact) mass is 305 g/mol. The van der Waals surface area contributed by atoms with Crippen LogP contribution in [0.25, 0.3) is 0 Å². The molecule has 1 atom stereocenters. The highest BCUT2D eigenvalue weighted by Crippen LogP contribution is 2.29. The van der Waals surface area contributed by atoms with Crippen LogP contribution in [-0.2, 0) is 16.1 Å². The van der Waals surface area contributed by atoms with Crippen LogP contribution in [0.4, 0.5) is 4.79 Å². The number of hydrogen-bond donors (Lipinski definition) is 2. The molecule has 120 valence electrons. The van der Waals surface area contributed by atoms with Gasteiger partial charge in [-0.15, -0.1) is 0 Å². The number of carboxylic acid groups (broad SMARTS) is 1. The summed E-state index contributed by atoms with van der Waals surface area (Å²) in [7, 11) is 0. The minimum absolute atomic E-state index is 0.0696. The maximum absolute atomic E-state index is 11.9. The van der Waals surface area contributed by atoms with Crippen molar-refractivity contribution in [2.45, 2.75) is 51.2 Å². The van der Waals surface area contributed by atoms with Crippen molar-refractivity contribution in [1.29, 1.82) is 0 Å². The second-order valence-electron chi connectivity index (χ2n) is 5.79. The molecule has 0 aromatic heterocycles. The molecule has 1 aromatic carbocycles. The maximum Gasteiger partial charge on any atom is 0.407 e. The summed E-state index contributed by atoms with van der Waals surface area (Å²) in [6.07, 6.45) is 4.45. The average Bonchev–Trinajstić information content (AvgIpc) is 3.04. The maximum atomic E-state index is 11.9. The average molecular weight is 305 g/mol. The smallest absolute Gasteiger partial charge is 0.407 e. The van der Waals surface area contributed by atoms with E-state index in [1.165, 1.54) is 0 Å². The summed E-state index contributed by atoms with van der Waals surface area (Å²) in [6, 6.07) is 9.38. The lowest BCUT2D eigenvalue weighted by molar-refractivity contribution is -0.137. The minimum atomic E-state index is -0.831. The Morgan fingerprint density at radius 1 is 1.23 bits per heavy atom. The van der Waals surface area contributed by atoms with Crippen molar-refractivity contribution < 1.29 is 19.4 Å². The molecule has 0 aliphatic heterocycles. The highest BCUT2D eigenvalue weighted by Gasteiger charge is 2.27. The Balaban J connectivity index is 1.82. The van der Waals surface area contributed by atoms with Crippen molar-refractivity contribution >= 4 is 12.1 Å². The standard InChI is InChI=1S/C17H23NO4/c19-16(20)11-10-15(14-8-4-5-9-14)18-17(21)22-12-13-6-2-1-3-7-13/h1-3,6-7,14-15H,4-5,8-12H2,(H,18,21)(H,19,20). The van der Waals surface area contributed by atoms with E-state index in [2.05, 4.69) is 5.32 Å². The molecule has 0 saturated heterocycles. The SMILES string of the molecule is O=C(O)CCC(NC(=O)OCc1ccccc1)C1CCCC1. The van der Waals surface area contributed by atoms with Crippen molar-refractivity contribution in [3.05, 3.63) is 35.9 Å². The lowest BCUT2D eigenvalue weighted by Gasteiger charge is -2.23. The lowest BCUT2D eigenvalue weighted by atomic mass is 9.94. The first-order valence-corrected chi connectivity index (χ1v) is 7.84. The number of nitrogens with one attached hydrogen (secondary N) is 1. The molecule has 22 heavy (non-hydrogen) atoms. The van der Waals surface area contributed by atoms with Crippen LogP contribution in [0.15, 0.2) is 30.3 Å². The van der Waals surface area contributed by atoms with Gasteiger partial charge in [-0.1, -0.05) is 43.2 Å². The predicted molar refractivity (Wildman–Crippen MR) is 82.4 cm³/mol. The molecule has 5 nitrogen and oxygen atoms in total. The molecular weight excluding hydrogens is 282 g/mol. The van der Waals surface area contributed by atoms with E-state index >= 15 is 0 Å². The van der Waals surface area contributed by atoms with E-state index in [1.54, 1.807) is 0 Å². The van der Waals surface area contributed by atoms with E-state index in [4.69, 9.17) is 9.84 Å². The molecule has 2 rings (SSSR count). The van der Waals surface area contributed by atoms with Gasteiger partial charge < -0.3 is 15.2 Å². The number of benzene rings is 1. The Bertz CT molecular complexity index is 483. The largest absolute Gasteiger partial charge is 0.481 e. The van der Waals surface area contributed by atoms with Gasteiger partial charge in [0.1, 0.15) is 6.61 Å². The number of carbonyl (C=O) groups is 2. The summed E-state index contributed by atoms with van der Waals surface area (Å²) in [4.78, 5) is 22.7. The molecule has 1 aliphatic rings. The van der Waals surface area contributed by atoms with E-state index in [9.17, 15) is 9.59 Å². The van der Waals surface area contributed by atoms with Crippen LogP contribution < -0.4 is 5.32 Å². The van der Waals surface area contributed by atoms with Crippen LogP contribution >= 0.6 is 0 Å². The van der Waals surface area contributed by atoms with E-state index in [0.717, 1.165) is 31.2 Å². The fourth-order valence-corrected chi connectivity index (χ4v) is 2.98. The van der Waals surface area contributed by atoms with Gasteiger partial charge in [0.2, 0.25) is 0 Å². The van der Waals surface area contributed by atoms with Crippen LogP contribution in [0, 0.1) is 5.92 Å². The number of alkyl carbamates (subject to hydrolysis) is 1. The van der Waals surface area contributed by atoms with Gasteiger partial charge in [0.25, 0.3) is 0 Å². The van der Waals surface area contributed by atoms with Crippen molar-refractivity contribution in [2.75, 3.05) is 0 Å². The Morgan fingerprint density at radius 3 is 2.55 bits per heavy atom. The molecule has 1 amide bonds. The quantitative estimate of drug-likeness (QED) is 0.810. The summed E-state index contributed by atoms with van der Waals surface area (Å²) in [5.74, 6) is -0.467. The first-order valence-electron chi connectivity index (χ1n) is 7.84. The molecule has 2 N–H and O–H groups in total. The van der Waals surface area contributed by atoms with Crippen LogP contribution in [0.5, 0.6) is 0 Å². The number of carboxylic acids is 1. The van der Waals surface area contributed by atoms with Crippen LogP contribution in [0.3, 0.4) is 0 Å². The number of ether oxygens (including phenoxy) is 1. The second-order valence-corrected chi connectivity index (χ2v) is 5.79. The number of aliphatic carboxylic acids is 1. The van der Waals surface area contributed by atoms with Crippen molar-refractivity contribution in [2.24, 2.45) is 5.92 Å². The topological polar surface area (TPSA) is 75.6 Å². The van der Waals surface area contributed by atoms with Crippen LogP contribution in [0.2, 0.25) is 0 Å². The Kier molecular flexibility index (Phi) is 6.25. The summed E-state index contributed by atoms with van der Waals surface area (Å²) < 4.78 is 5.23. The third-order valence-electron chi connectivity index (χ3n) is 4.15. The Hall–Kier alpha value is -2.04. The molecule has 0 heterocycles. The van der Waals surface area contributed by atoms with Crippen LogP contribution in [0.1, 0.15) is 44.1 Å². The fraction of sp³-hybridized carbons (Fsp3) is 0.529. The molecular formula is C17H23NO4. The normalized spacial score (nSPS) is 16.2. The summed E-state index contributed by atoms with van der Waals surface area (Å²) >= 11 is 0. The number of carbonyl (C=O) groups excluding carboxylic acids is 1. The Morgan fingerprint density at radius 2 is 1.91 bits per heavy atom. The van der Waals surface area contributed by atoms with Gasteiger partial charge in [-0.25, -0.2) is 4.79 Å². The highest BCUT2D eigenvalue weighted by atomic mass is 16.5. The number of rotatable bonds is 7. The summed E-state index contributed by atoms with van der Waals surface area (Å²) in [5.41, 5.74) is 0.931. The van der Waals surface area contributed by atoms with E-state index in [1.807, 2.05) is 30.3 Å². The molecule has 0 bridgehead atoms. The lowest BCUT2D eigenvalue weighted by Crippen LogP contribution is -2.40. The van der Waals surface area contributed by atoms with Gasteiger partial charge in [0.15, 0.2) is 0 Å². The molecule has 0 spiro atoms. The third-order valence-corrected chi connectivity index (χ3v) is 4.15. The van der Waals surface area contributed by atoms with Crippen molar-refractivity contribution in [3.8, 4) is 0 Å². The fourth-order valence-electron chi connectivity index (χ4n) is 2.98. The van der Waals surface area contributed by atoms with Gasteiger partial charge in [0.05, 0.1) is 0 Å². The number of hydrogen-bond acceptors (Lipinski definition) is 3. The molecule has 1 fully saturated rings. The molecule has 1 aromatic rings. The molecule has 0 radical (unpaired) electrons. The first-order chi connectivity index (χ1) is 10.6.